The molecule has 3 nitrogen and oxygen atoms in total. The molecule has 2 rings (SSSR count). The minimum atomic E-state index is -0.917. The highest BCUT2D eigenvalue weighted by molar-refractivity contribution is 9.10. The van der Waals surface area contributed by atoms with E-state index in [0.29, 0.717) is 17.7 Å². The number of rotatable bonds is 5. The molecule has 0 aromatic heterocycles. The lowest BCUT2D eigenvalue weighted by Crippen LogP contribution is -2.21. The monoisotopic (exact) mass is 336 g/mol. The minimum Gasteiger partial charge on any atom is -0.496 e. The molecule has 0 bridgehead atoms. The highest BCUT2D eigenvalue weighted by atomic mass is 79.9. The number of benzene rings is 2. The Morgan fingerprint density at radius 2 is 1.80 bits per heavy atom. The summed E-state index contributed by atoms with van der Waals surface area (Å²) in [5.74, 6) is 0.701. The molecule has 0 aliphatic heterocycles. The van der Waals surface area contributed by atoms with Gasteiger partial charge in [-0.2, -0.15) is 0 Å². The summed E-state index contributed by atoms with van der Waals surface area (Å²) in [7, 11) is 1.59. The summed E-state index contributed by atoms with van der Waals surface area (Å²) in [5.41, 5.74) is 1.55. The van der Waals surface area contributed by atoms with Gasteiger partial charge in [0.2, 0.25) is 0 Å². The molecule has 0 aliphatic rings. The van der Waals surface area contributed by atoms with Gasteiger partial charge in [-0.25, -0.2) is 0 Å². The number of methoxy groups -OCH3 is 1. The van der Waals surface area contributed by atoms with Gasteiger partial charge in [0, 0.05) is 10.9 Å². The van der Waals surface area contributed by atoms with Crippen LogP contribution < -0.4 is 4.74 Å². The van der Waals surface area contributed by atoms with Gasteiger partial charge in [-0.3, -0.25) is 0 Å². The predicted molar refractivity (Wildman–Crippen MR) is 81.8 cm³/mol. The third-order valence-electron chi connectivity index (χ3n) is 3.18. The molecule has 0 amide bonds. The molecular weight excluding hydrogens is 320 g/mol. The molecule has 2 aromatic carbocycles. The van der Waals surface area contributed by atoms with Gasteiger partial charge in [-0.15, -0.1) is 0 Å². The Morgan fingerprint density at radius 1 is 1.10 bits per heavy atom. The maximum Gasteiger partial charge on any atom is 0.122 e. The lowest BCUT2D eigenvalue weighted by molar-refractivity contribution is 0.0187. The number of aliphatic hydroxyl groups excluding tert-OH is 2. The zero-order valence-corrected chi connectivity index (χ0v) is 12.7. The first-order valence-corrected chi connectivity index (χ1v) is 7.14. The van der Waals surface area contributed by atoms with Gasteiger partial charge in [-0.05, 0) is 29.3 Å². The van der Waals surface area contributed by atoms with E-state index in [0.717, 1.165) is 10.0 Å². The van der Waals surface area contributed by atoms with Crippen molar-refractivity contribution < 1.29 is 14.9 Å². The molecule has 0 spiro atoms. The molecule has 0 fully saturated rings. The van der Waals surface area contributed by atoms with E-state index in [1.807, 2.05) is 36.4 Å². The van der Waals surface area contributed by atoms with Crippen molar-refractivity contribution in [3.05, 3.63) is 64.1 Å². The van der Waals surface area contributed by atoms with Crippen LogP contribution in [-0.4, -0.2) is 23.4 Å². The summed E-state index contributed by atoms with van der Waals surface area (Å²) in [6.07, 6.45) is -1.49. The lowest BCUT2D eigenvalue weighted by atomic mass is 9.98. The fraction of sp³-hybridized carbons (Fsp3) is 0.250. The number of ether oxygens (including phenoxy) is 1. The Balaban J connectivity index is 2.15. The zero-order chi connectivity index (χ0) is 14.5. The van der Waals surface area contributed by atoms with Gasteiger partial charge in [0.1, 0.15) is 11.9 Å². The summed E-state index contributed by atoms with van der Waals surface area (Å²) >= 11 is 3.40. The summed E-state index contributed by atoms with van der Waals surface area (Å²) in [5, 5.41) is 20.4. The van der Waals surface area contributed by atoms with E-state index in [1.165, 1.54) is 0 Å². The van der Waals surface area contributed by atoms with Crippen molar-refractivity contribution in [3.8, 4) is 5.75 Å². The van der Waals surface area contributed by atoms with Crippen molar-refractivity contribution in [3.63, 3.8) is 0 Å². The summed E-state index contributed by atoms with van der Waals surface area (Å²) < 4.78 is 6.18. The fourth-order valence-corrected chi connectivity index (χ4v) is 2.52. The highest BCUT2D eigenvalue weighted by Gasteiger charge is 2.20. The first-order chi connectivity index (χ1) is 9.61. The molecule has 2 atom stereocenters. The standard InChI is InChI=1S/C16H17BrO3/c1-20-15-8-7-13(17)9-12(15)10-14(18)16(19)11-5-3-2-4-6-11/h2-9,14,16,18-19H,10H2,1H3. The van der Waals surface area contributed by atoms with Crippen molar-refractivity contribution in [2.45, 2.75) is 18.6 Å². The SMILES string of the molecule is COc1ccc(Br)cc1CC(O)C(O)c1ccccc1. The smallest absolute Gasteiger partial charge is 0.122 e. The van der Waals surface area contributed by atoms with Crippen LogP contribution in [0.15, 0.2) is 53.0 Å². The maximum absolute atomic E-state index is 10.2. The van der Waals surface area contributed by atoms with Crippen LogP contribution in [0.2, 0.25) is 0 Å². The van der Waals surface area contributed by atoms with E-state index in [9.17, 15) is 10.2 Å². The third kappa shape index (κ3) is 3.60. The van der Waals surface area contributed by atoms with Crippen molar-refractivity contribution in [2.24, 2.45) is 0 Å². The number of aliphatic hydroxyl groups is 2. The van der Waals surface area contributed by atoms with Crippen LogP contribution in [-0.2, 0) is 6.42 Å². The fourth-order valence-electron chi connectivity index (χ4n) is 2.12. The maximum atomic E-state index is 10.2. The second-order valence-corrected chi connectivity index (χ2v) is 5.50. The molecule has 0 saturated carbocycles. The largest absolute Gasteiger partial charge is 0.496 e. The normalized spacial score (nSPS) is 13.8. The summed E-state index contributed by atoms with van der Waals surface area (Å²) in [6, 6.07) is 14.7. The van der Waals surface area contributed by atoms with Gasteiger partial charge in [-0.1, -0.05) is 46.3 Å². The second-order valence-electron chi connectivity index (χ2n) is 4.58. The van der Waals surface area contributed by atoms with Crippen molar-refractivity contribution >= 4 is 15.9 Å². The number of hydrogen-bond donors (Lipinski definition) is 2. The molecule has 4 heteroatoms. The van der Waals surface area contributed by atoms with Crippen molar-refractivity contribution in [1.82, 2.24) is 0 Å². The van der Waals surface area contributed by atoms with Crippen LogP contribution in [0, 0.1) is 0 Å². The molecule has 2 unspecified atom stereocenters. The van der Waals surface area contributed by atoms with Crippen LogP contribution in [0.4, 0.5) is 0 Å². The zero-order valence-electron chi connectivity index (χ0n) is 11.2. The van der Waals surface area contributed by atoms with Gasteiger partial charge in [0.05, 0.1) is 13.2 Å². The average molecular weight is 337 g/mol. The molecule has 0 radical (unpaired) electrons. The van der Waals surface area contributed by atoms with Crippen molar-refractivity contribution in [2.75, 3.05) is 7.11 Å². The van der Waals surface area contributed by atoms with Crippen LogP contribution in [0.25, 0.3) is 0 Å². The van der Waals surface area contributed by atoms with E-state index in [2.05, 4.69) is 15.9 Å². The van der Waals surface area contributed by atoms with Crippen LogP contribution in [0.1, 0.15) is 17.2 Å². The summed E-state index contributed by atoms with van der Waals surface area (Å²) in [4.78, 5) is 0. The quantitative estimate of drug-likeness (QED) is 0.882. The second kappa shape index (κ2) is 6.88. The van der Waals surface area contributed by atoms with Gasteiger partial charge in [0.15, 0.2) is 0 Å². The van der Waals surface area contributed by atoms with Crippen LogP contribution in [0.5, 0.6) is 5.75 Å². The first-order valence-electron chi connectivity index (χ1n) is 6.35. The van der Waals surface area contributed by atoms with Gasteiger partial charge >= 0.3 is 0 Å². The predicted octanol–water partition coefficient (Wildman–Crippen LogP) is 3.09. The first kappa shape index (κ1) is 15.0. The molecule has 0 heterocycles. The highest BCUT2D eigenvalue weighted by Crippen LogP contribution is 2.27. The van der Waals surface area contributed by atoms with E-state index >= 15 is 0 Å². The van der Waals surface area contributed by atoms with E-state index in [-0.39, 0.29) is 0 Å². The van der Waals surface area contributed by atoms with Crippen LogP contribution >= 0.6 is 15.9 Å². The van der Waals surface area contributed by atoms with E-state index in [4.69, 9.17) is 4.74 Å². The Labute approximate surface area is 127 Å². The Kier molecular flexibility index (Phi) is 5.17. The van der Waals surface area contributed by atoms with Crippen molar-refractivity contribution in [1.29, 1.82) is 0 Å². The van der Waals surface area contributed by atoms with E-state index in [1.54, 1.807) is 19.2 Å². The minimum absolute atomic E-state index is 0.318. The van der Waals surface area contributed by atoms with Crippen LogP contribution in [0.3, 0.4) is 0 Å². The molecule has 106 valence electrons. The number of hydrogen-bond acceptors (Lipinski definition) is 3. The van der Waals surface area contributed by atoms with Gasteiger partial charge in [0.25, 0.3) is 0 Å². The molecule has 0 aliphatic carbocycles. The Morgan fingerprint density at radius 3 is 2.45 bits per heavy atom. The van der Waals surface area contributed by atoms with E-state index < -0.39 is 12.2 Å². The summed E-state index contributed by atoms with van der Waals surface area (Å²) in [6.45, 7) is 0. The Bertz CT molecular complexity index is 557. The molecule has 2 N–H and O–H groups in total. The lowest BCUT2D eigenvalue weighted by Gasteiger charge is -2.19. The third-order valence-corrected chi connectivity index (χ3v) is 3.67. The Hall–Kier alpha value is -1.36. The number of halogens is 1. The molecule has 0 saturated heterocycles. The average Bonchev–Trinajstić information content (AvgIpc) is 2.47. The van der Waals surface area contributed by atoms with Gasteiger partial charge < -0.3 is 14.9 Å². The molecule has 2 aromatic rings. The topological polar surface area (TPSA) is 49.7 Å². The molecular formula is C16H17BrO3. The molecule has 20 heavy (non-hydrogen) atoms.